The Morgan fingerprint density at radius 1 is 0.812 bits per heavy atom. The number of benzene rings is 3. The van der Waals surface area contributed by atoms with Gasteiger partial charge in [-0.25, -0.2) is 0 Å². The molecule has 1 unspecified atom stereocenters. The van der Waals surface area contributed by atoms with Crippen LogP contribution in [0, 0.1) is 0 Å². The molecule has 0 radical (unpaired) electrons. The summed E-state index contributed by atoms with van der Waals surface area (Å²) in [6.07, 6.45) is 0. The molecule has 0 fully saturated rings. The van der Waals surface area contributed by atoms with Crippen molar-refractivity contribution in [2.75, 3.05) is 7.11 Å². The highest BCUT2D eigenvalue weighted by molar-refractivity contribution is 5.83. The lowest BCUT2D eigenvalue weighted by Gasteiger charge is -2.37. The number of nitrogens with zero attached hydrogens (tertiary/aromatic N) is 4. The molecule has 3 aromatic carbocycles. The SMILES string of the molecule is COc1ccc([C@H]2[C@H](C3(c4ccc5ccccc5c4)N=NC(C)(C)O3)N=NC2(C)C)cc1. The molecule has 2 aliphatic heterocycles. The minimum atomic E-state index is -1.06. The standard InChI is InChI=1S/C26H28N4O2/c1-24(2)22(18-11-14-21(31-5)15-12-18)23(27-28-24)26(30-29-25(3,4)32-26)20-13-10-17-8-6-7-9-19(17)16-20/h6-16,22-23H,1-5H3/t22-,23+,26?/m0/s1. The first-order valence-corrected chi connectivity index (χ1v) is 10.9. The molecule has 6 heteroatoms. The molecule has 0 amide bonds. The summed E-state index contributed by atoms with van der Waals surface area (Å²) in [5.41, 5.74) is -0.178. The molecule has 164 valence electrons. The van der Waals surface area contributed by atoms with Crippen molar-refractivity contribution in [3.63, 3.8) is 0 Å². The van der Waals surface area contributed by atoms with Crippen LogP contribution in [0.25, 0.3) is 10.8 Å². The van der Waals surface area contributed by atoms with Crippen molar-refractivity contribution in [3.8, 4) is 5.75 Å². The summed E-state index contributed by atoms with van der Waals surface area (Å²) in [5, 5.41) is 21.0. The molecule has 6 nitrogen and oxygen atoms in total. The predicted octanol–water partition coefficient (Wildman–Crippen LogP) is 6.62. The Morgan fingerprint density at radius 2 is 1.53 bits per heavy atom. The smallest absolute Gasteiger partial charge is 0.232 e. The van der Waals surface area contributed by atoms with Gasteiger partial charge >= 0.3 is 0 Å². The van der Waals surface area contributed by atoms with Gasteiger partial charge in [0.1, 0.15) is 11.8 Å². The van der Waals surface area contributed by atoms with Gasteiger partial charge in [-0.3, -0.25) is 0 Å². The van der Waals surface area contributed by atoms with Crippen LogP contribution in [0.2, 0.25) is 0 Å². The van der Waals surface area contributed by atoms with Gasteiger partial charge in [0, 0.05) is 11.5 Å². The molecule has 0 spiro atoms. The fourth-order valence-corrected chi connectivity index (χ4v) is 4.87. The van der Waals surface area contributed by atoms with Crippen molar-refractivity contribution in [3.05, 3.63) is 77.9 Å². The summed E-state index contributed by atoms with van der Waals surface area (Å²) < 4.78 is 12.0. The minimum absolute atomic E-state index is 0.0484. The Bertz CT molecular complexity index is 1220. The largest absolute Gasteiger partial charge is 0.497 e. The summed E-state index contributed by atoms with van der Waals surface area (Å²) in [6, 6.07) is 22.4. The molecule has 0 bridgehead atoms. The monoisotopic (exact) mass is 428 g/mol. The Hall–Kier alpha value is -3.12. The number of azo groups is 2. The molecule has 3 atom stereocenters. The Kier molecular flexibility index (Phi) is 4.67. The van der Waals surface area contributed by atoms with Crippen LogP contribution in [0.1, 0.15) is 44.7 Å². The van der Waals surface area contributed by atoms with Crippen LogP contribution in [0.3, 0.4) is 0 Å². The zero-order valence-corrected chi connectivity index (χ0v) is 19.1. The average Bonchev–Trinajstić information content (AvgIpc) is 3.29. The van der Waals surface area contributed by atoms with Crippen LogP contribution in [0.4, 0.5) is 0 Å². The summed E-state index contributed by atoms with van der Waals surface area (Å²) in [6.45, 7) is 8.07. The molecule has 0 saturated heterocycles. The first-order chi connectivity index (χ1) is 15.2. The van der Waals surface area contributed by atoms with E-state index in [4.69, 9.17) is 19.7 Å². The molecule has 5 rings (SSSR count). The highest BCUT2D eigenvalue weighted by Gasteiger charge is 2.59. The number of fused-ring (bicyclic) bond motifs is 1. The molecule has 0 aliphatic carbocycles. The molecule has 2 aliphatic rings. The zero-order chi connectivity index (χ0) is 22.6. The maximum atomic E-state index is 6.63. The van der Waals surface area contributed by atoms with Crippen LogP contribution in [-0.4, -0.2) is 24.4 Å². The number of ether oxygens (including phenoxy) is 2. The van der Waals surface area contributed by atoms with E-state index in [2.05, 4.69) is 66.5 Å². The average molecular weight is 429 g/mol. The van der Waals surface area contributed by atoms with E-state index in [9.17, 15) is 0 Å². The van der Waals surface area contributed by atoms with Gasteiger partial charge in [-0.1, -0.05) is 48.5 Å². The van der Waals surface area contributed by atoms with Gasteiger partial charge in [-0.05, 0) is 62.2 Å². The zero-order valence-electron chi connectivity index (χ0n) is 19.1. The number of hydrogen-bond acceptors (Lipinski definition) is 6. The maximum absolute atomic E-state index is 6.63. The van der Waals surface area contributed by atoms with E-state index >= 15 is 0 Å². The van der Waals surface area contributed by atoms with Crippen molar-refractivity contribution in [2.45, 2.75) is 56.6 Å². The normalized spacial score (nSPS) is 27.8. The van der Waals surface area contributed by atoms with E-state index in [-0.39, 0.29) is 12.0 Å². The number of hydrogen-bond donors (Lipinski definition) is 0. The number of rotatable bonds is 4. The van der Waals surface area contributed by atoms with Crippen molar-refractivity contribution in [2.24, 2.45) is 20.5 Å². The van der Waals surface area contributed by atoms with Crippen molar-refractivity contribution >= 4 is 10.8 Å². The second kappa shape index (κ2) is 7.20. The molecular weight excluding hydrogens is 400 g/mol. The van der Waals surface area contributed by atoms with E-state index in [1.807, 2.05) is 38.1 Å². The molecule has 0 N–H and O–H groups in total. The van der Waals surface area contributed by atoms with Crippen LogP contribution in [0.15, 0.2) is 87.2 Å². The molecule has 32 heavy (non-hydrogen) atoms. The van der Waals surface area contributed by atoms with Gasteiger partial charge in [0.2, 0.25) is 5.72 Å². The van der Waals surface area contributed by atoms with Crippen molar-refractivity contribution in [1.29, 1.82) is 0 Å². The Balaban J connectivity index is 1.66. The summed E-state index contributed by atoms with van der Waals surface area (Å²) >= 11 is 0. The van der Waals surface area contributed by atoms with Gasteiger partial charge < -0.3 is 9.47 Å². The van der Waals surface area contributed by atoms with Gasteiger partial charge in [-0.15, -0.1) is 5.11 Å². The third-order valence-electron chi connectivity index (χ3n) is 6.40. The topological polar surface area (TPSA) is 67.9 Å². The van der Waals surface area contributed by atoms with Crippen LogP contribution >= 0.6 is 0 Å². The highest BCUT2D eigenvalue weighted by Crippen LogP contribution is 2.53. The van der Waals surface area contributed by atoms with E-state index < -0.39 is 17.0 Å². The van der Waals surface area contributed by atoms with Crippen LogP contribution < -0.4 is 4.74 Å². The van der Waals surface area contributed by atoms with Crippen LogP contribution in [-0.2, 0) is 10.5 Å². The molecule has 0 aromatic heterocycles. The molecule has 0 saturated carbocycles. The van der Waals surface area contributed by atoms with Crippen LogP contribution in [0.5, 0.6) is 5.75 Å². The molecule has 3 aromatic rings. The lowest BCUT2D eigenvalue weighted by atomic mass is 9.74. The summed E-state index contributed by atoms with van der Waals surface area (Å²) in [7, 11) is 1.67. The van der Waals surface area contributed by atoms with E-state index in [1.165, 1.54) is 5.39 Å². The summed E-state index contributed by atoms with van der Waals surface area (Å²) in [5.74, 6) is 0.768. The minimum Gasteiger partial charge on any atom is -0.497 e. The van der Waals surface area contributed by atoms with Gasteiger partial charge in [-0.2, -0.15) is 15.3 Å². The first-order valence-electron chi connectivity index (χ1n) is 10.9. The van der Waals surface area contributed by atoms with Crippen molar-refractivity contribution < 1.29 is 9.47 Å². The molecule has 2 heterocycles. The van der Waals surface area contributed by atoms with E-state index in [0.29, 0.717) is 0 Å². The van der Waals surface area contributed by atoms with E-state index in [0.717, 1.165) is 22.3 Å². The first kappa shape index (κ1) is 20.8. The maximum Gasteiger partial charge on any atom is 0.232 e. The summed E-state index contributed by atoms with van der Waals surface area (Å²) in [4.78, 5) is 0. The highest BCUT2D eigenvalue weighted by atomic mass is 16.6. The van der Waals surface area contributed by atoms with Gasteiger partial charge in [0.25, 0.3) is 0 Å². The van der Waals surface area contributed by atoms with Gasteiger partial charge in [0.05, 0.1) is 12.6 Å². The van der Waals surface area contributed by atoms with Gasteiger partial charge in [0.15, 0.2) is 5.72 Å². The number of methoxy groups -OCH3 is 1. The lowest BCUT2D eigenvalue weighted by molar-refractivity contribution is -0.118. The second-order valence-electron chi connectivity index (χ2n) is 9.57. The van der Waals surface area contributed by atoms with E-state index in [1.54, 1.807) is 7.11 Å². The molecular formula is C26H28N4O2. The third-order valence-corrected chi connectivity index (χ3v) is 6.40. The van der Waals surface area contributed by atoms with Crippen molar-refractivity contribution in [1.82, 2.24) is 0 Å². The predicted molar refractivity (Wildman–Crippen MR) is 124 cm³/mol. The quantitative estimate of drug-likeness (QED) is 0.469. The third kappa shape index (κ3) is 3.30. The lowest BCUT2D eigenvalue weighted by Crippen LogP contribution is -2.45. The fraction of sp³-hybridized carbons (Fsp3) is 0.385. The Labute approximate surface area is 188 Å². The fourth-order valence-electron chi connectivity index (χ4n) is 4.87. The Morgan fingerprint density at radius 3 is 2.19 bits per heavy atom. The second-order valence-corrected chi connectivity index (χ2v) is 9.57.